The quantitative estimate of drug-likeness (QED) is 0.600. The third-order valence-electron chi connectivity index (χ3n) is 1.98. The van der Waals surface area contributed by atoms with Crippen LogP contribution in [0.2, 0.25) is 0 Å². The maximum atomic E-state index is 11.4. The van der Waals surface area contributed by atoms with Gasteiger partial charge in [-0.2, -0.15) is 17.9 Å². The lowest BCUT2D eigenvalue weighted by Gasteiger charge is -2.08. The van der Waals surface area contributed by atoms with Crippen LogP contribution in [0.5, 0.6) is 5.75 Å². The zero-order valence-corrected chi connectivity index (χ0v) is 10.3. The third-order valence-corrected chi connectivity index (χ3v) is 3.08. The molecule has 0 spiro atoms. The number of phenols is 1. The molecule has 0 unspecified atom stereocenters. The van der Waals surface area contributed by atoms with Crippen molar-refractivity contribution in [3.63, 3.8) is 0 Å². The van der Waals surface area contributed by atoms with Crippen LogP contribution in [0, 0.1) is 0 Å². The Kier molecular flexibility index (Phi) is 5.36. The smallest absolute Gasteiger partial charge is 0.277 e. The van der Waals surface area contributed by atoms with Gasteiger partial charge in [0.25, 0.3) is 10.2 Å². The first kappa shape index (κ1) is 13.9. The molecule has 1 aromatic carbocycles. The first-order valence-electron chi connectivity index (χ1n) is 5.04. The second-order valence-corrected chi connectivity index (χ2v) is 4.97. The molecule has 0 bridgehead atoms. The Bertz CT molecular complexity index is 447. The van der Waals surface area contributed by atoms with Gasteiger partial charge in [-0.25, -0.2) is 0 Å². The van der Waals surface area contributed by atoms with E-state index in [1.165, 1.54) is 19.2 Å². The van der Waals surface area contributed by atoms with Gasteiger partial charge in [-0.15, -0.1) is 0 Å². The summed E-state index contributed by atoms with van der Waals surface area (Å²) in [7, 11) is -2.03. The van der Waals surface area contributed by atoms with E-state index < -0.39 is 10.2 Å². The molecule has 3 N–H and O–H groups in total. The number of hydrogen-bond acceptors (Lipinski definition) is 4. The molecule has 1 aromatic rings. The first-order chi connectivity index (χ1) is 8.03. The number of phenolic OH excluding ortho intramolecular Hbond substituents is 1. The summed E-state index contributed by atoms with van der Waals surface area (Å²) < 4.78 is 32.2. The van der Waals surface area contributed by atoms with Crippen LogP contribution in [-0.2, 0) is 21.5 Å². The number of methoxy groups -OCH3 is 1. The molecule has 0 aliphatic carbocycles. The molecule has 96 valence electrons. The number of nitrogens with one attached hydrogen (secondary N) is 2. The lowest BCUT2D eigenvalue weighted by molar-refractivity contribution is 0.204. The fourth-order valence-corrected chi connectivity index (χ4v) is 1.98. The van der Waals surface area contributed by atoms with E-state index in [-0.39, 0.29) is 18.8 Å². The molecule has 0 radical (unpaired) electrons. The van der Waals surface area contributed by atoms with Crippen LogP contribution in [0.4, 0.5) is 0 Å². The largest absolute Gasteiger partial charge is 0.508 e. The van der Waals surface area contributed by atoms with Crippen LogP contribution in [0.1, 0.15) is 5.56 Å². The highest BCUT2D eigenvalue weighted by molar-refractivity contribution is 7.87. The Morgan fingerprint density at radius 2 is 2.12 bits per heavy atom. The van der Waals surface area contributed by atoms with Gasteiger partial charge in [0.2, 0.25) is 0 Å². The molecule has 17 heavy (non-hydrogen) atoms. The summed E-state index contributed by atoms with van der Waals surface area (Å²) in [4.78, 5) is 0. The van der Waals surface area contributed by atoms with E-state index in [0.29, 0.717) is 12.2 Å². The molecule has 0 amide bonds. The first-order valence-corrected chi connectivity index (χ1v) is 6.53. The minimum Gasteiger partial charge on any atom is -0.508 e. The number of ether oxygens (including phenoxy) is 1. The summed E-state index contributed by atoms with van der Waals surface area (Å²) >= 11 is 0. The molecule has 0 saturated heterocycles. The highest BCUT2D eigenvalue weighted by Crippen LogP contribution is 2.10. The highest BCUT2D eigenvalue weighted by Gasteiger charge is 2.08. The predicted molar refractivity (Wildman–Crippen MR) is 63.7 cm³/mol. The SMILES string of the molecule is COCCNS(=O)(=O)NCc1cccc(O)c1. The highest BCUT2D eigenvalue weighted by atomic mass is 32.2. The van der Waals surface area contributed by atoms with Crippen molar-refractivity contribution in [1.29, 1.82) is 0 Å². The molecule has 0 saturated carbocycles. The van der Waals surface area contributed by atoms with Gasteiger partial charge >= 0.3 is 0 Å². The summed E-state index contributed by atoms with van der Waals surface area (Å²) in [5.41, 5.74) is 0.683. The summed E-state index contributed by atoms with van der Waals surface area (Å²) in [6, 6.07) is 6.39. The van der Waals surface area contributed by atoms with Crippen LogP contribution in [0.25, 0.3) is 0 Å². The normalized spacial score (nSPS) is 11.6. The summed E-state index contributed by atoms with van der Waals surface area (Å²) in [6.45, 7) is 0.648. The van der Waals surface area contributed by atoms with E-state index in [9.17, 15) is 13.5 Å². The van der Waals surface area contributed by atoms with Crippen LogP contribution in [0.15, 0.2) is 24.3 Å². The second-order valence-electron chi connectivity index (χ2n) is 3.38. The van der Waals surface area contributed by atoms with Gasteiger partial charge < -0.3 is 9.84 Å². The average molecular weight is 260 g/mol. The average Bonchev–Trinajstić information content (AvgIpc) is 2.27. The molecule has 0 fully saturated rings. The fourth-order valence-electron chi connectivity index (χ4n) is 1.17. The van der Waals surface area contributed by atoms with Gasteiger partial charge in [-0.3, -0.25) is 0 Å². The van der Waals surface area contributed by atoms with Crippen molar-refractivity contribution in [3.05, 3.63) is 29.8 Å². The Morgan fingerprint density at radius 1 is 1.35 bits per heavy atom. The van der Waals surface area contributed by atoms with Crippen molar-refractivity contribution >= 4 is 10.2 Å². The number of aromatic hydroxyl groups is 1. The topological polar surface area (TPSA) is 87.7 Å². The Hall–Kier alpha value is -1.15. The van der Waals surface area contributed by atoms with Gasteiger partial charge in [-0.05, 0) is 17.7 Å². The van der Waals surface area contributed by atoms with Gasteiger partial charge in [-0.1, -0.05) is 12.1 Å². The van der Waals surface area contributed by atoms with Gasteiger partial charge in [0.05, 0.1) is 6.61 Å². The Labute approximate surface area is 101 Å². The standard InChI is InChI=1S/C10H16N2O4S/c1-16-6-5-11-17(14,15)12-8-9-3-2-4-10(13)7-9/h2-4,7,11-13H,5-6,8H2,1H3. The van der Waals surface area contributed by atoms with Crippen LogP contribution in [0.3, 0.4) is 0 Å². The van der Waals surface area contributed by atoms with Crippen molar-refractivity contribution in [2.45, 2.75) is 6.54 Å². The molecule has 6 nitrogen and oxygen atoms in total. The van der Waals surface area contributed by atoms with E-state index in [1.54, 1.807) is 12.1 Å². The summed E-state index contributed by atoms with van der Waals surface area (Å²) in [5, 5.41) is 9.21. The predicted octanol–water partition coefficient (Wildman–Crippen LogP) is -0.0374. The number of benzene rings is 1. The molecular formula is C10H16N2O4S. The van der Waals surface area contributed by atoms with Crippen molar-refractivity contribution < 1.29 is 18.3 Å². The van der Waals surface area contributed by atoms with E-state index in [4.69, 9.17) is 4.74 Å². The van der Waals surface area contributed by atoms with Crippen LogP contribution < -0.4 is 9.44 Å². The third kappa shape index (κ3) is 5.64. The molecule has 1 rings (SSSR count). The van der Waals surface area contributed by atoms with Gasteiger partial charge in [0, 0.05) is 20.2 Å². The van der Waals surface area contributed by atoms with E-state index >= 15 is 0 Å². The van der Waals surface area contributed by atoms with Crippen molar-refractivity contribution in [2.24, 2.45) is 0 Å². The zero-order valence-electron chi connectivity index (χ0n) is 9.51. The van der Waals surface area contributed by atoms with E-state index in [0.717, 1.165) is 0 Å². The zero-order chi connectivity index (χ0) is 12.7. The fraction of sp³-hybridized carbons (Fsp3) is 0.400. The summed E-state index contributed by atoms with van der Waals surface area (Å²) in [5.74, 6) is 0.106. The van der Waals surface area contributed by atoms with Crippen LogP contribution in [-0.4, -0.2) is 33.8 Å². The van der Waals surface area contributed by atoms with Crippen LogP contribution >= 0.6 is 0 Å². The van der Waals surface area contributed by atoms with Gasteiger partial charge in [0.15, 0.2) is 0 Å². The molecule has 7 heteroatoms. The lowest BCUT2D eigenvalue weighted by Crippen LogP contribution is -2.37. The molecule has 0 atom stereocenters. The molecule has 0 aromatic heterocycles. The van der Waals surface area contributed by atoms with E-state index in [2.05, 4.69) is 9.44 Å². The second kappa shape index (κ2) is 6.55. The number of rotatable bonds is 7. The monoisotopic (exact) mass is 260 g/mol. The van der Waals surface area contributed by atoms with Crippen molar-refractivity contribution in [3.8, 4) is 5.75 Å². The maximum Gasteiger partial charge on any atom is 0.277 e. The van der Waals surface area contributed by atoms with Crippen molar-refractivity contribution in [1.82, 2.24) is 9.44 Å². The summed E-state index contributed by atoms with van der Waals surface area (Å²) in [6.07, 6.45) is 0. The van der Waals surface area contributed by atoms with Crippen molar-refractivity contribution in [2.75, 3.05) is 20.3 Å². The molecule has 0 aliphatic rings. The van der Waals surface area contributed by atoms with Gasteiger partial charge in [0.1, 0.15) is 5.75 Å². The lowest BCUT2D eigenvalue weighted by atomic mass is 10.2. The maximum absolute atomic E-state index is 11.4. The van der Waals surface area contributed by atoms with E-state index in [1.807, 2.05) is 0 Å². The Morgan fingerprint density at radius 3 is 2.76 bits per heavy atom. The minimum atomic E-state index is -3.53. The molecule has 0 heterocycles. The molecular weight excluding hydrogens is 244 g/mol. The molecule has 0 aliphatic heterocycles. The number of hydrogen-bond donors (Lipinski definition) is 3. The Balaban J connectivity index is 2.44. The minimum absolute atomic E-state index is 0.106.